The highest BCUT2D eigenvalue weighted by Crippen LogP contribution is 2.31. The van der Waals surface area contributed by atoms with Gasteiger partial charge in [-0.25, -0.2) is 10.8 Å². The molecule has 0 saturated heterocycles. The van der Waals surface area contributed by atoms with E-state index in [0.717, 1.165) is 28.0 Å². The zero-order chi connectivity index (χ0) is 14.8. The van der Waals surface area contributed by atoms with Gasteiger partial charge in [0.2, 0.25) is 5.95 Å². The lowest BCUT2D eigenvalue weighted by molar-refractivity contribution is 1.09. The molecule has 2 aromatic carbocycles. The van der Waals surface area contributed by atoms with Gasteiger partial charge in [0.25, 0.3) is 0 Å². The van der Waals surface area contributed by atoms with Crippen LogP contribution in [0.25, 0.3) is 10.9 Å². The highest BCUT2D eigenvalue weighted by Gasteiger charge is 2.14. The molecule has 0 atom stereocenters. The number of rotatable bonds is 3. The van der Waals surface area contributed by atoms with Crippen LogP contribution in [0.2, 0.25) is 0 Å². The molecule has 0 unspecified atom stereocenters. The van der Waals surface area contributed by atoms with Gasteiger partial charge in [-0.2, -0.15) is 4.98 Å². The third-order valence-corrected chi connectivity index (χ3v) is 3.50. The van der Waals surface area contributed by atoms with Gasteiger partial charge in [-0.15, -0.1) is 0 Å². The highest BCUT2D eigenvalue weighted by molar-refractivity contribution is 5.94. The van der Waals surface area contributed by atoms with Crippen LogP contribution in [-0.4, -0.2) is 17.0 Å². The molecule has 3 N–H and O–H groups in total. The number of nitrogens with two attached hydrogens (primary N) is 1. The second kappa shape index (κ2) is 5.38. The van der Waals surface area contributed by atoms with Crippen LogP contribution in [0, 0.1) is 6.92 Å². The summed E-state index contributed by atoms with van der Waals surface area (Å²) in [4.78, 5) is 11.0. The average Bonchev–Trinajstić information content (AvgIpc) is 2.54. The Morgan fingerprint density at radius 2 is 1.76 bits per heavy atom. The molecule has 0 aliphatic heterocycles. The Balaban J connectivity index is 2.25. The predicted octanol–water partition coefficient (Wildman–Crippen LogP) is 2.99. The molecule has 0 amide bonds. The number of aromatic nitrogens is 2. The number of aryl methyl sites for hydroxylation is 1. The first-order valence-corrected chi connectivity index (χ1v) is 6.73. The van der Waals surface area contributed by atoms with Crippen molar-refractivity contribution in [1.82, 2.24) is 9.97 Å². The van der Waals surface area contributed by atoms with E-state index in [9.17, 15) is 0 Å². The first-order valence-electron chi connectivity index (χ1n) is 6.73. The molecule has 5 nitrogen and oxygen atoms in total. The van der Waals surface area contributed by atoms with E-state index in [2.05, 4.69) is 28.4 Å². The van der Waals surface area contributed by atoms with Crippen LogP contribution in [0.15, 0.2) is 48.5 Å². The predicted molar refractivity (Wildman–Crippen MR) is 86.6 cm³/mol. The van der Waals surface area contributed by atoms with Crippen LogP contribution < -0.4 is 16.2 Å². The van der Waals surface area contributed by atoms with Gasteiger partial charge >= 0.3 is 0 Å². The maximum absolute atomic E-state index is 5.49. The van der Waals surface area contributed by atoms with Crippen molar-refractivity contribution in [3.8, 4) is 0 Å². The number of hydrazine groups is 1. The number of para-hydroxylation sites is 1. The Bertz CT molecular complexity index is 770. The van der Waals surface area contributed by atoms with Crippen molar-refractivity contribution < 1.29 is 0 Å². The van der Waals surface area contributed by atoms with Crippen LogP contribution in [0.4, 0.5) is 17.5 Å². The zero-order valence-corrected chi connectivity index (χ0v) is 12.0. The number of benzene rings is 2. The maximum atomic E-state index is 5.49. The lowest BCUT2D eigenvalue weighted by Gasteiger charge is -2.21. The first kappa shape index (κ1) is 13.3. The van der Waals surface area contributed by atoms with E-state index in [-0.39, 0.29) is 0 Å². The van der Waals surface area contributed by atoms with Gasteiger partial charge < -0.3 is 4.90 Å². The van der Waals surface area contributed by atoms with E-state index < -0.39 is 0 Å². The van der Waals surface area contributed by atoms with Crippen molar-refractivity contribution in [1.29, 1.82) is 0 Å². The molecule has 0 aliphatic rings. The van der Waals surface area contributed by atoms with Gasteiger partial charge in [-0.3, -0.25) is 5.43 Å². The fourth-order valence-corrected chi connectivity index (χ4v) is 2.41. The summed E-state index contributed by atoms with van der Waals surface area (Å²) in [6, 6.07) is 16.1. The molecule has 0 bridgehead atoms. The third-order valence-electron chi connectivity index (χ3n) is 3.50. The zero-order valence-electron chi connectivity index (χ0n) is 12.0. The van der Waals surface area contributed by atoms with E-state index in [0.29, 0.717) is 5.95 Å². The monoisotopic (exact) mass is 279 g/mol. The summed E-state index contributed by atoms with van der Waals surface area (Å²) in [7, 11) is 1.99. The molecule has 0 spiro atoms. The molecular formula is C16H17N5. The Morgan fingerprint density at radius 1 is 1.00 bits per heavy atom. The molecule has 0 aliphatic carbocycles. The van der Waals surface area contributed by atoms with Crippen LogP contribution in [0.5, 0.6) is 0 Å². The standard InChI is InChI=1S/C16H17N5/c1-11-7-6-10-13-14(11)15(19-16(18-13)20-17)21(2)12-8-4-3-5-9-12/h3-10H,17H2,1-2H3,(H,18,19,20). The largest absolute Gasteiger partial charge is 0.329 e. The third kappa shape index (κ3) is 2.39. The first-order chi connectivity index (χ1) is 10.2. The summed E-state index contributed by atoms with van der Waals surface area (Å²) in [5.41, 5.74) is 5.60. The van der Waals surface area contributed by atoms with E-state index in [1.165, 1.54) is 0 Å². The number of anilines is 3. The van der Waals surface area contributed by atoms with Gasteiger partial charge in [-0.05, 0) is 30.7 Å². The number of hydrogen-bond donors (Lipinski definition) is 2. The van der Waals surface area contributed by atoms with Crippen LogP contribution in [-0.2, 0) is 0 Å². The molecule has 5 heteroatoms. The van der Waals surface area contributed by atoms with Crippen molar-refractivity contribution in [2.45, 2.75) is 6.92 Å². The van der Waals surface area contributed by atoms with E-state index in [4.69, 9.17) is 5.84 Å². The van der Waals surface area contributed by atoms with Gasteiger partial charge in [0.05, 0.1) is 5.52 Å². The molecular weight excluding hydrogens is 262 g/mol. The minimum absolute atomic E-state index is 0.408. The summed E-state index contributed by atoms with van der Waals surface area (Å²) in [6.45, 7) is 2.06. The number of nitrogens with one attached hydrogen (secondary N) is 1. The molecule has 1 heterocycles. The Labute approximate surface area is 123 Å². The summed E-state index contributed by atoms with van der Waals surface area (Å²) in [5.74, 6) is 6.73. The van der Waals surface area contributed by atoms with E-state index in [1.54, 1.807) is 0 Å². The topological polar surface area (TPSA) is 67.1 Å². The average molecular weight is 279 g/mol. The van der Waals surface area contributed by atoms with Crippen molar-refractivity contribution in [2.75, 3.05) is 17.4 Å². The molecule has 3 rings (SSSR count). The highest BCUT2D eigenvalue weighted by atomic mass is 15.3. The molecule has 21 heavy (non-hydrogen) atoms. The molecule has 0 radical (unpaired) electrons. The fourth-order valence-electron chi connectivity index (χ4n) is 2.41. The fraction of sp³-hybridized carbons (Fsp3) is 0.125. The second-order valence-corrected chi connectivity index (χ2v) is 4.88. The SMILES string of the molecule is Cc1cccc2nc(NN)nc(N(C)c3ccccc3)c12. The Morgan fingerprint density at radius 3 is 2.48 bits per heavy atom. The van der Waals surface area contributed by atoms with Crippen LogP contribution in [0.3, 0.4) is 0 Å². The summed E-state index contributed by atoms with van der Waals surface area (Å²) >= 11 is 0. The summed E-state index contributed by atoms with van der Waals surface area (Å²) < 4.78 is 0. The number of nitrogens with zero attached hydrogens (tertiary/aromatic N) is 3. The minimum Gasteiger partial charge on any atom is -0.329 e. The number of fused-ring (bicyclic) bond motifs is 1. The minimum atomic E-state index is 0.408. The Kier molecular flexibility index (Phi) is 3.41. The van der Waals surface area contributed by atoms with Gasteiger partial charge in [0.1, 0.15) is 5.82 Å². The van der Waals surface area contributed by atoms with Crippen molar-refractivity contribution >= 4 is 28.4 Å². The van der Waals surface area contributed by atoms with Gasteiger partial charge in [0, 0.05) is 18.1 Å². The van der Waals surface area contributed by atoms with Crippen LogP contribution >= 0.6 is 0 Å². The van der Waals surface area contributed by atoms with Gasteiger partial charge in [0.15, 0.2) is 0 Å². The molecule has 0 fully saturated rings. The quantitative estimate of drug-likeness (QED) is 0.570. The molecule has 1 aromatic heterocycles. The summed E-state index contributed by atoms with van der Waals surface area (Å²) in [5, 5.41) is 1.03. The lowest BCUT2D eigenvalue weighted by atomic mass is 10.1. The normalized spacial score (nSPS) is 10.6. The second-order valence-electron chi connectivity index (χ2n) is 4.88. The smallest absolute Gasteiger partial charge is 0.239 e. The van der Waals surface area contributed by atoms with Gasteiger partial charge in [-0.1, -0.05) is 30.3 Å². The Hall–Kier alpha value is -2.66. The molecule has 0 saturated carbocycles. The van der Waals surface area contributed by atoms with Crippen molar-refractivity contribution in [2.24, 2.45) is 5.84 Å². The number of hydrogen-bond acceptors (Lipinski definition) is 5. The van der Waals surface area contributed by atoms with Crippen molar-refractivity contribution in [3.63, 3.8) is 0 Å². The molecule has 106 valence electrons. The summed E-state index contributed by atoms with van der Waals surface area (Å²) in [6.07, 6.45) is 0. The van der Waals surface area contributed by atoms with E-state index >= 15 is 0 Å². The van der Waals surface area contributed by atoms with E-state index in [1.807, 2.05) is 54.4 Å². The van der Waals surface area contributed by atoms with Crippen molar-refractivity contribution in [3.05, 3.63) is 54.1 Å². The maximum Gasteiger partial charge on any atom is 0.239 e. The number of nitrogen functional groups attached to an aromatic ring is 1. The lowest BCUT2D eigenvalue weighted by Crippen LogP contribution is -2.16. The molecule has 3 aromatic rings. The van der Waals surface area contributed by atoms with Crippen LogP contribution in [0.1, 0.15) is 5.56 Å².